The third-order valence-electron chi connectivity index (χ3n) is 2.76. The Morgan fingerprint density at radius 1 is 1.21 bits per heavy atom. The quantitative estimate of drug-likeness (QED) is 0.577. The lowest BCUT2D eigenvalue weighted by atomic mass is 10.1. The minimum atomic E-state index is 0.580. The highest BCUT2D eigenvalue weighted by Gasteiger charge is 2.19. The fraction of sp³-hybridized carbons (Fsp3) is 0.500. The molecule has 0 amide bonds. The monoisotopic (exact) mass is 253 g/mol. The van der Waals surface area contributed by atoms with Crippen molar-refractivity contribution in [2.75, 3.05) is 6.54 Å². The van der Waals surface area contributed by atoms with Gasteiger partial charge in [0.05, 0.1) is 4.95 Å². The van der Waals surface area contributed by atoms with Crippen molar-refractivity contribution in [2.24, 2.45) is 0 Å². The summed E-state index contributed by atoms with van der Waals surface area (Å²) in [6.45, 7) is 2.31. The standard InChI is InChI=1S/C12H16BrN/c13-12-8-4-5-9-14(12)10-11-6-2-1-3-7-11/h1-3,6-7,12H,4-5,8-10H2. The van der Waals surface area contributed by atoms with Gasteiger partial charge in [-0.3, -0.25) is 4.90 Å². The zero-order valence-corrected chi connectivity index (χ0v) is 9.91. The predicted octanol–water partition coefficient (Wildman–Crippen LogP) is 3.39. The van der Waals surface area contributed by atoms with Crippen LogP contribution in [0.2, 0.25) is 0 Å². The minimum absolute atomic E-state index is 0.580. The molecule has 1 nitrogen and oxygen atoms in total. The van der Waals surface area contributed by atoms with Gasteiger partial charge in [0.25, 0.3) is 0 Å². The van der Waals surface area contributed by atoms with Crippen LogP contribution in [0.3, 0.4) is 0 Å². The molecule has 1 heterocycles. The van der Waals surface area contributed by atoms with E-state index in [1.54, 1.807) is 0 Å². The van der Waals surface area contributed by atoms with Crippen LogP contribution in [-0.4, -0.2) is 16.4 Å². The average Bonchev–Trinajstić information content (AvgIpc) is 2.23. The second kappa shape index (κ2) is 4.94. The Morgan fingerprint density at radius 2 is 2.00 bits per heavy atom. The molecule has 2 rings (SSSR count). The molecule has 1 aromatic rings. The van der Waals surface area contributed by atoms with Gasteiger partial charge in [0.1, 0.15) is 0 Å². The van der Waals surface area contributed by atoms with E-state index in [1.165, 1.54) is 31.4 Å². The summed E-state index contributed by atoms with van der Waals surface area (Å²) in [7, 11) is 0. The first-order valence-corrected chi connectivity index (χ1v) is 6.20. The van der Waals surface area contributed by atoms with E-state index in [2.05, 4.69) is 51.2 Å². The van der Waals surface area contributed by atoms with Crippen LogP contribution in [0, 0.1) is 0 Å². The Kier molecular flexibility index (Phi) is 3.60. The highest BCUT2D eigenvalue weighted by Crippen LogP contribution is 2.23. The van der Waals surface area contributed by atoms with Crippen LogP contribution in [0.15, 0.2) is 30.3 Å². The van der Waals surface area contributed by atoms with Crippen molar-refractivity contribution < 1.29 is 0 Å². The van der Waals surface area contributed by atoms with Crippen molar-refractivity contribution in [3.8, 4) is 0 Å². The first kappa shape index (κ1) is 10.2. The third-order valence-corrected chi connectivity index (χ3v) is 3.80. The molecular weight excluding hydrogens is 238 g/mol. The molecule has 1 aromatic carbocycles. The molecular formula is C12H16BrN. The molecule has 1 atom stereocenters. The molecule has 1 aliphatic heterocycles. The minimum Gasteiger partial charge on any atom is -0.287 e. The molecule has 2 heteroatoms. The molecule has 14 heavy (non-hydrogen) atoms. The lowest BCUT2D eigenvalue weighted by Crippen LogP contribution is -2.34. The summed E-state index contributed by atoms with van der Waals surface area (Å²) in [5.74, 6) is 0. The molecule has 0 radical (unpaired) electrons. The smallest absolute Gasteiger partial charge is 0.0658 e. The summed E-state index contributed by atoms with van der Waals surface area (Å²) >= 11 is 3.74. The van der Waals surface area contributed by atoms with E-state index >= 15 is 0 Å². The van der Waals surface area contributed by atoms with Crippen LogP contribution < -0.4 is 0 Å². The zero-order chi connectivity index (χ0) is 9.80. The normalized spacial score (nSPS) is 23.6. The molecule has 0 aliphatic carbocycles. The van der Waals surface area contributed by atoms with Crippen molar-refractivity contribution in [1.82, 2.24) is 4.90 Å². The van der Waals surface area contributed by atoms with Crippen LogP contribution in [0.25, 0.3) is 0 Å². The lowest BCUT2D eigenvalue weighted by Gasteiger charge is -2.31. The first-order chi connectivity index (χ1) is 6.86. The van der Waals surface area contributed by atoms with Crippen LogP contribution in [0.5, 0.6) is 0 Å². The van der Waals surface area contributed by atoms with Gasteiger partial charge < -0.3 is 0 Å². The number of hydrogen-bond donors (Lipinski definition) is 0. The van der Waals surface area contributed by atoms with Gasteiger partial charge in [-0.15, -0.1) is 0 Å². The highest BCUT2D eigenvalue weighted by atomic mass is 79.9. The number of hydrogen-bond acceptors (Lipinski definition) is 1. The molecule has 1 unspecified atom stereocenters. The molecule has 0 aromatic heterocycles. The number of piperidine rings is 1. The Balaban J connectivity index is 1.96. The fourth-order valence-corrected chi connectivity index (χ4v) is 2.62. The largest absolute Gasteiger partial charge is 0.287 e. The third kappa shape index (κ3) is 2.58. The summed E-state index contributed by atoms with van der Waals surface area (Å²) in [6.07, 6.45) is 3.99. The lowest BCUT2D eigenvalue weighted by molar-refractivity contribution is 0.202. The molecule has 76 valence electrons. The van der Waals surface area contributed by atoms with E-state index in [9.17, 15) is 0 Å². The molecule has 1 fully saturated rings. The summed E-state index contributed by atoms with van der Waals surface area (Å²) in [6, 6.07) is 10.7. The molecule has 0 bridgehead atoms. The van der Waals surface area contributed by atoms with Crippen molar-refractivity contribution >= 4 is 15.9 Å². The maximum atomic E-state index is 3.74. The van der Waals surface area contributed by atoms with E-state index in [-0.39, 0.29) is 0 Å². The van der Waals surface area contributed by atoms with Crippen LogP contribution in [0.4, 0.5) is 0 Å². The zero-order valence-electron chi connectivity index (χ0n) is 8.32. The van der Waals surface area contributed by atoms with E-state index < -0.39 is 0 Å². The van der Waals surface area contributed by atoms with Gasteiger partial charge in [-0.1, -0.05) is 46.3 Å². The maximum absolute atomic E-state index is 3.74. The van der Waals surface area contributed by atoms with Gasteiger partial charge in [-0.05, 0) is 31.4 Å². The van der Waals surface area contributed by atoms with Gasteiger partial charge in [0.15, 0.2) is 0 Å². The molecule has 0 saturated carbocycles. The number of likely N-dealkylation sites (tertiary alicyclic amines) is 1. The summed E-state index contributed by atoms with van der Waals surface area (Å²) in [4.78, 5) is 3.09. The predicted molar refractivity (Wildman–Crippen MR) is 63.4 cm³/mol. The van der Waals surface area contributed by atoms with Gasteiger partial charge >= 0.3 is 0 Å². The topological polar surface area (TPSA) is 3.24 Å². The Labute approximate surface area is 94.2 Å². The molecule has 1 saturated heterocycles. The van der Waals surface area contributed by atoms with E-state index in [0.29, 0.717) is 4.95 Å². The maximum Gasteiger partial charge on any atom is 0.0658 e. The number of nitrogens with zero attached hydrogens (tertiary/aromatic N) is 1. The number of rotatable bonds is 2. The van der Waals surface area contributed by atoms with Crippen molar-refractivity contribution in [3.05, 3.63) is 35.9 Å². The van der Waals surface area contributed by atoms with E-state index in [1.807, 2.05) is 0 Å². The second-order valence-corrected chi connectivity index (χ2v) is 4.94. The highest BCUT2D eigenvalue weighted by molar-refractivity contribution is 9.09. The summed E-state index contributed by atoms with van der Waals surface area (Å²) in [5.41, 5.74) is 1.42. The summed E-state index contributed by atoms with van der Waals surface area (Å²) < 4.78 is 0. The number of halogens is 1. The Bertz CT molecular complexity index is 273. The summed E-state index contributed by atoms with van der Waals surface area (Å²) in [5, 5.41) is 0. The first-order valence-electron chi connectivity index (χ1n) is 5.28. The van der Waals surface area contributed by atoms with E-state index in [0.717, 1.165) is 6.54 Å². The van der Waals surface area contributed by atoms with Crippen LogP contribution >= 0.6 is 15.9 Å². The number of benzene rings is 1. The number of alkyl halides is 1. The van der Waals surface area contributed by atoms with Crippen molar-refractivity contribution in [2.45, 2.75) is 30.8 Å². The SMILES string of the molecule is BrC1CCCCN1Cc1ccccc1. The van der Waals surface area contributed by atoms with Gasteiger partial charge in [-0.2, -0.15) is 0 Å². The Morgan fingerprint density at radius 3 is 2.71 bits per heavy atom. The fourth-order valence-electron chi connectivity index (χ4n) is 1.95. The van der Waals surface area contributed by atoms with Crippen LogP contribution in [0.1, 0.15) is 24.8 Å². The average molecular weight is 254 g/mol. The van der Waals surface area contributed by atoms with Crippen molar-refractivity contribution in [3.63, 3.8) is 0 Å². The second-order valence-electron chi connectivity index (χ2n) is 3.89. The van der Waals surface area contributed by atoms with E-state index in [4.69, 9.17) is 0 Å². The Hall–Kier alpha value is -0.340. The van der Waals surface area contributed by atoms with Gasteiger partial charge in [0.2, 0.25) is 0 Å². The molecule has 1 aliphatic rings. The molecule has 0 spiro atoms. The van der Waals surface area contributed by atoms with Crippen LogP contribution in [-0.2, 0) is 6.54 Å². The van der Waals surface area contributed by atoms with Gasteiger partial charge in [-0.25, -0.2) is 0 Å². The van der Waals surface area contributed by atoms with Gasteiger partial charge in [0, 0.05) is 6.54 Å². The molecule has 0 N–H and O–H groups in total. The van der Waals surface area contributed by atoms with Crippen molar-refractivity contribution in [1.29, 1.82) is 0 Å².